The number of nitrogens with one attached hydrogen (secondary N) is 2. The minimum atomic E-state index is -0.230. The Morgan fingerprint density at radius 1 is 0.840 bits per heavy atom. The number of nitrogens with zero attached hydrogens (tertiary/aromatic N) is 3. The standard InChI is InChI=1S/C18H31N5O2/c24-16(22-4-2-1-3-5-22)12-21-6-8-23(9-7-21)17(25)18-13-19-10-15(18)11-20-14-18/h15,19-20H,1-14H2. The van der Waals surface area contributed by atoms with E-state index in [2.05, 4.69) is 15.5 Å². The van der Waals surface area contributed by atoms with Gasteiger partial charge in [0.05, 0.1) is 12.0 Å². The van der Waals surface area contributed by atoms with Crippen molar-refractivity contribution < 1.29 is 9.59 Å². The molecule has 0 spiro atoms. The second kappa shape index (κ2) is 7.21. The van der Waals surface area contributed by atoms with Crippen molar-refractivity contribution in [2.75, 3.05) is 72.0 Å². The molecule has 4 aliphatic heterocycles. The molecule has 4 rings (SSSR count). The van der Waals surface area contributed by atoms with Gasteiger partial charge >= 0.3 is 0 Å². The van der Waals surface area contributed by atoms with Gasteiger partial charge < -0.3 is 20.4 Å². The van der Waals surface area contributed by atoms with Crippen LogP contribution in [0.15, 0.2) is 0 Å². The average Bonchev–Trinajstić information content (AvgIpc) is 3.23. The highest BCUT2D eigenvalue weighted by molar-refractivity contribution is 5.85. The van der Waals surface area contributed by atoms with Crippen LogP contribution in [0.3, 0.4) is 0 Å². The van der Waals surface area contributed by atoms with Crippen LogP contribution in [0.25, 0.3) is 0 Å². The molecule has 4 heterocycles. The van der Waals surface area contributed by atoms with E-state index in [1.807, 2.05) is 9.80 Å². The molecule has 0 bridgehead atoms. The van der Waals surface area contributed by atoms with Gasteiger partial charge in [0, 0.05) is 71.4 Å². The lowest BCUT2D eigenvalue weighted by Crippen LogP contribution is -2.56. The van der Waals surface area contributed by atoms with Crippen LogP contribution in [0, 0.1) is 11.3 Å². The lowest BCUT2D eigenvalue weighted by atomic mass is 9.79. The zero-order chi connectivity index (χ0) is 17.3. The van der Waals surface area contributed by atoms with E-state index < -0.39 is 0 Å². The largest absolute Gasteiger partial charge is 0.342 e. The fourth-order valence-corrected chi connectivity index (χ4v) is 4.94. The van der Waals surface area contributed by atoms with Crippen LogP contribution in [0.4, 0.5) is 0 Å². The van der Waals surface area contributed by atoms with Crippen LogP contribution in [0.1, 0.15) is 19.3 Å². The van der Waals surface area contributed by atoms with E-state index in [-0.39, 0.29) is 11.3 Å². The van der Waals surface area contributed by atoms with Gasteiger partial charge in [-0.3, -0.25) is 14.5 Å². The molecule has 4 fully saturated rings. The number of carbonyl (C=O) groups excluding carboxylic acids is 2. The molecule has 2 amide bonds. The molecule has 25 heavy (non-hydrogen) atoms. The molecule has 7 heteroatoms. The number of hydrogen-bond donors (Lipinski definition) is 2. The Kier molecular flexibility index (Phi) is 4.97. The van der Waals surface area contributed by atoms with Gasteiger partial charge in [-0.15, -0.1) is 0 Å². The van der Waals surface area contributed by atoms with E-state index in [9.17, 15) is 9.59 Å². The van der Waals surface area contributed by atoms with Crippen molar-refractivity contribution in [3.63, 3.8) is 0 Å². The van der Waals surface area contributed by atoms with Crippen LogP contribution in [-0.4, -0.2) is 98.5 Å². The number of fused-ring (bicyclic) bond motifs is 1. The third-order valence-electron chi connectivity index (χ3n) is 6.60. The highest BCUT2D eigenvalue weighted by Gasteiger charge is 2.53. The Morgan fingerprint density at radius 3 is 2.12 bits per heavy atom. The van der Waals surface area contributed by atoms with Crippen LogP contribution < -0.4 is 10.6 Å². The first-order valence-electron chi connectivity index (χ1n) is 9.90. The number of rotatable bonds is 3. The van der Waals surface area contributed by atoms with Gasteiger partial charge in [0.2, 0.25) is 11.8 Å². The van der Waals surface area contributed by atoms with Crippen LogP contribution in [-0.2, 0) is 9.59 Å². The fraction of sp³-hybridized carbons (Fsp3) is 0.889. The van der Waals surface area contributed by atoms with Crippen LogP contribution in [0.2, 0.25) is 0 Å². The maximum Gasteiger partial charge on any atom is 0.236 e. The van der Waals surface area contributed by atoms with Gasteiger partial charge in [-0.05, 0) is 19.3 Å². The molecule has 0 atom stereocenters. The number of piperazine rings is 1. The Hall–Kier alpha value is -1.18. The normalized spacial score (nSPS) is 33.5. The molecule has 2 N–H and O–H groups in total. The van der Waals surface area contributed by atoms with E-state index in [0.29, 0.717) is 18.4 Å². The zero-order valence-corrected chi connectivity index (χ0v) is 15.1. The first-order chi connectivity index (χ1) is 12.2. The summed E-state index contributed by atoms with van der Waals surface area (Å²) in [5.74, 6) is 1.01. The molecule has 7 nitrogen and oxygen atoms in total. The SMILES string of the molecule is O=C(CN1CCN(C(=O)C23CNCC2CNC3)CC1)N1CCCCC1. The molecule has 4 saturated heterocycles. The summed E-state index contributed by atoms with van der Waals surface area (Å²) < 4.78 is 0. The Balaban J connectivity index is 1.28. The maximum atomic E-state index is 13.1. The van der Waals surface area contributed by atoms with Crippen molar-refractivity contribution in [2.45, 2.75) is 19.3 Å². The third-order valence-corrected chi connectivity index (χ3v) is 6.60. The van der Waals surface area contributed by atoms with Gasteiger partial charge in [-0.1, -0.05) is 0 Å². The first kappa shape index (κ1) is 17.2. The Morgan fingerprint density at radius 2 is 1.48 bits per heavy atom. The molecule has 0 aromatic carbocycles. The minimum absolute atomic E-state index is 0.230. The predicted octanol–water partition coefficient (Wildman–Crippen LogP) is -1.05. The highest BCUT2D eigenvalue weighted by atomic mass is 16.2. The van der Waals surface area contributed by atoms with Crippen molar-refractivity contribution >= 4 is 11.8 Å². The summed E-state index contributed by atoms with van der Waals surface area (Å²) in [5, 5.41) is 6.82. The molecule has 0 radical (unpaired) electrons. The minimum Gasteiger partial charge on any atom is -0.342 e. The molecule has 0 saturated carbocycles. The van der Waals surface area contributed by atoms with E-state index in [0.717, 1.165) is 78.3 Å². The van der Waals surface area contributed by atoms with Crippen LogP contribution >= 0.6 is 0 Å². The summed E-state index contributed by atoms with van der Waals surface area (Å²) in [5.41, 5.74) is -0.230. The molecule has 0 unspecified atom stereocenters. The van der Waals surface area contributed by atoms with E-state index >= 15 is 0 Å². The van der Waals surface area contributed by atoms with Crippen molar-refractivity contribution in [1.82, 2.24) is 25.3 Å². The smallest absolute Gasteiger partial charge is 0.236 e. The van der Waals surface area contributed by atoms with Gasteiger partial charge in [-0.25, -0.2) is 0 Å². The van der Waals surface area contributed by atoms with Crippen molar-refractivity contribution in [1.29, 1.82) is 0 Å². The van der Waals surface area contributed by atoms with E-state index in [1.54, 1.807) is 0 Å². The molecular weight excluding hydrogens is 318 g/mol. The van der Waals surface area contributed by atoms with Gasteiger partial charge in [0.1, 0.15) is 0 Å². The molecule has 140 valence electrons. The lowest BCUT2D eigenvalue weighted by molar-refractivity contribution is -0.144. The van der Waals surface area contributed by atoms with Crippen molar-refractivity contribution in [3.8, 4) is 0 Å². The highest BCUT2D eigenvalue weighted by Crippen LogP contribution is 2.36. The topological polar surface area (TPSA) is 67.9 Å². The third kappa shape index (κ3) is 3.29. The number of amides is 2. The van der Waals surface area contributed by atoms with Gasteiger partial charge in [-0.2, -0.15) is 0 Å². The van der Waals surface area contributed by atoms with Crippen LogP contribution in [0.5, 0.6) is 0 Å². The molecular formula is C18H31N5O2. The Labute approximate surface area is 150 Å². The quantitative estimate of drug-likeness (QED) is 0.681. The van der Waals surface area contributed by atoms with E-state index in [1.165, 1.54) is 6.42 Å². The number of piperidine rings is 1. The lowest BCUT2D eigenvalue weighted by Gasteiger charge is -2.40. The first-order valence-corrected chi connectivity index (χ1v) is 9.90. The maximum absolute atomic E-state index is 13.1. The monoisotopic (exact) mass is 349 g/mol. The van der Waals surface area contributed by atoms with Crippen molar-refractivity contribution in [3.05, 3.63) is 0 Å². The zero-order valence-electron chi connectivity index (χ0n) is 15.1. The van der Waals surface area contributed by atoms with Gasteiger partial charge in [0.25, 0.3) is 0 Å². The average molecular weight is 349 g/mol. The predicted molar refractivity (Wildman–Crippen MR) is 95.1 cm³/mol. The van der Waals surface area contributed by atoms with Crippen molar-refractivity contribution in [2.24, 2.45) is 11.3 Å². The summed E-state index contributed by atoms with van der Waals surface area (Å²) in [6.07, 6.45) is 3.52. The fourth-order valence-electron chi connectivity index (χ4n) is 4.94. The molecule has 0 aliphatic carbocycles. The summed E-state index contributed by atoms with van der Waals surface area (Å²) in [6.45, 7) is 8.97. The number of carbonyl (C=O) groups is 2. The second-order valence-corrected chi connectivity index (χ2v) is 8.12. The molecule has 4 aliphatic rings. The summed E-state index contributed by atoms with van der Waals surface area (Å²) in [7, 11) is 0. The second-order valence-electron chi connectivity index (χ2n) is 8.12. The summed E-state index contributed by atoms with van der Waals surface area (Å²) in [6, 6.07) is 0. The molecule has 0 aromatic rings. The summed E-state index contributed by atoms with van der Waals surface area (Å²) >= 11 is 0. The van der Waals surface area contributed by atoms with E-state index in [4.69, 9.17) is 0 Å². The summed E-state index contributed by atoms with van der Waals surface area (Å²) in [4.78, 5) is 31.8. The molecule has 0 aromatic heterocycles. The Bertz CT molecular complexity index is 502. The number of likely N-dealkylation sites (tertiary alicyclic amines) is 1. The van der Waals surface area contributed by atoms with Gasteiger partial charge in [0.15, 0.2) is 0 Å². The number of hydrogen-bond acceptors (Lipinski definition) is 5.